The minimum absolute atomic E-state index is 0.00599. The van der Waals surface area contributed by atoms with E-state index in [0.717, 1.165) is 5.56 Å². The van der Waals surface area contributed by atoms with Gasteiger partial charge in [0.05, 0.1) is 0 Å². The first kappa shape index (κ1) is 24.2. The van der Waals surface area contributed by atoms with E-state index in [9.17, 15) is 19.5 Å². The molecule has 0 unspecified atom stereocenters. The van der Waals surface area contributed by atoms with Crippen LogP contribution in [-0.2, 0) is 20.9 Å². The summed E-state index contributed by atoms with van der Waals surface area (Å²) >= 11 is 0. The van der Waals surface area contributed by atoms with Crippen molar-refractivity contribution in [2.75, 3.05) is 6.54 Å². The Morgan fingerprint density at radius 2 is 1.79 bits per heavy atom. The van der Waals surface area contributed by atoms with Crippen molar-refractivity contribution in [1.29, 1.82) is 0 Å². The lowest BCUT2D eigenvalue weighted by atomic mass is 10.2. The van der Waals surface area contributed by atoms with Crippen molar-refractivity contribution in [3.05, 3.63) is 35.9 Å². The number of aliphatic carboxylic acids is 1. The largest absolute Gasteiger partial charge is 0.480 e. The second-order valence-electron chi connectivity index (χ2n) is 8.25. The molecule has 0 saturated carbocycles. The molecule has 3 N–H and O–H groups in total. The zero-order valence-electron chi connectivity index (χ0n) is 17.7. The molecule has 0 spiro atoms. The van der Waals surface area contributed by atoms with Crippen molar-refractivity contribution in [2.45, 2.75) is 58.0 Å². The third kappa shape index (κ3) is 8.83. The molecule has 0 saturated heterocycles. The molecule has 0 fully saturated rings. The molecule has 0 aliphatic carbocycles. The summed E-state index contributed by atoms with van der Waals surface area (Å²) < 4.78 is 5.00. The fourth-order valence-corrected chi connectivity index (χ4v) is 2.85. The summed E-state index contributed by atoms with van der Waals surface area (Å²) in [6.45, 7) is 10.3. The topological polar surface area (TPSA) is 105 Å². The first-order valence-electron chi connectivity index (χ1n) is 9.39. The van der Waals surface area contributed by atoms with Crippen LogP contribution in [0.4, 0.5) is 4.79 Å². The number of hydrogen-bond donors (Lipinski definition) is 3. The van der Waals surface area contributed by atoms with Crippen molar-refractivity contribution in [3.8, 4) is 11.5 Å². The summed E-state index contributed by atoms with van der Waals surface area (Å²) in [5, 5.41) is 14.1. The molecule has 8 heteroatoms. The van der Waals surface area contributed by atoms with E-state index in [1.807, 2.05) is 30.3 Å². The number of ether oxygens (including phenoxy) is 1. The normalized spacial score (nSPS) is 12.2. The summed E-state index contributed by atoms with van der Waals surface area (Å²) in [7, 11) is -1.85. The van der Waals surface area contributed by atoms with Crippen molar-refractivity contribution in [3.63, 3.8) is 0 Å². The molecule has 1 aromatic carbocycles. The van der Waals surface area contributed by atoms with Crippen LogP contribution in [0.3, 0.4) is 0 Å². The van der Waals surface area contributed by atoms with Crippen LogP contribution in [0.5, 0.6) is 0 Å². The van der Waals surface area contributed by atoms with Gasteiger partial charge in [0, 0.05) is 6.42 Å². The SMILES string of the molecule is CC(C)(C)[Si](C)(C)C#CC[C@@H](NC(=O)CNC(=O)OCc1ccccc1)C(=O)O. The maximum Gasteiger partial charge on any atom is 0.407 e. The van der Waals surface area contributed by atoms with Gasteiger partial charge in [-0.05, 0) is 10.6 Å². The lowest BCUT2D eigenvalue weighted by molar-refractivity contribution is -0.141. The maximum atomic E-state index is 12.0. The van der Waals surface area contributed by atoms with Gasteiger partial charge >= 0.3 is 12.1 Å². The summed E-state index contributed by atoms with van der Waals surface area (Å²) in [6.07, 6.45) is -0.750. The van der Waals surface area contributed by atoms with E-state index in [-0.39, 0.29) is 24.6 Å². The Balaban J connectivity index is 2.48. The molecule has 1 rings (SSSR count). The monoisotopic (exact) mass is 418 g/mol. The number of nitrogens with one attached hydrogen (secondary N) is 2. The Morgan fingerprint density at radius 1 is 1.17 bits per heavy atom. The lowest BCUT2D eigenvalue weighted by Crippen LogP contribution is -2.45. The van der Waals surface area contributed by atoms with Gasteiger partial charge in [-0.15, -0.1) is 11.5 Å². The third-order valence-electron chi connectivity index (χ3n) is 4.82. The van der Waals surface area contributed by atoms with Crippen LogP contribution in [0.1, 0.15) is 32.8 Å². The van der Waals surface area contributed by atoms with E-state index < -0.39 is 32.1 Å². The summed E-state index contributed by atoms with van der Waals surface area (Å²) in [5.41, 5.74) is 4.04. The van der Waals surface area contributed by atoms with E-state index >= 15 is 0 Å². The Hall–Kier alpha value is -2.79. The molecule has 0 aromatic heterocycles. The van der Waals surface area contributed by atoms with Crippen LogP contribution >= 0.6 is 0 Å². The first-order chi connectivity index (χ1) is 13.4. The first-order valence-corrected chi connectivity index (χ1v) is 12.4. The van der Waals surface area contributed by atoms with Gasteiger partial charge in [0.15, 0.2) is 0 Å². The van der Waals surface area contributed by atoms with Crippen LogP contribution in [0.25, 0.3) is 0 Å². The molecule has 0 heterocycles. The quantitative estimate of drug-likeness (QED) is 0.466. The molecule has 2 amide bonds. The van der Waals surface area contributed by atoms with Crippen LogP contribution in [0.15, 0.2) is 30.3 Å². The van der Waals surface area contributed by atoms with Crippen molar-refractivity contribution in [1.82, 2.24) is 10.6 Å². The second-order valence-corrected chi connectivity index (χ2v) is 13.3. The van der Waals surface area contributed by atoms with Crippen molar-refractivity contribution < 1.29 is 24.2 Å². The van der Waals surface area contributed by atoms with E-state index in [4.69, 9.17) is 4.74 Å². The number of rotatable bonds is 7. The number of carboxylic acids is 1. The molecule has 29 heavy (non-hydrogen) atoms. The molecule has 1 aromatic rings. The van der Waals surface area contributed by atoms with Crippen LogP contribution in [-0.4, -0.2) is 43.7 Å². The van der Waals surface area contributed by atoms with Crippen LogP contribution < -0.4 is 10.6 Å². The van der Waals surface area contributed by atoms with Gasteiger partial charge in [0.25, 0.3) is 0 Å². The molecular formula is C21H30N2O5Si. The number of amides is 2. The maximum absolute atomic E-state index is 12.0. The Kier molecular flexibility index (Phi) is 8.92. The number of benzene rings is 1. The summed E-state index contributed by atoms with van der Waals surface area (Å²) in [6, 6.07) is 7.98. The van der Waals surface area contributed by atoms with Gasteiger partial charge in [0.1, 0.15) is 27.3 Å². The van der Waals surface area contributed by atoms with Gasteiger partial charge in [-0.2, -0.15) is 0 Å². The molecule has 1 atom stereocenters. The summed E-state index contributed by atoms with van der Waals surface area (Å²) in [4.78, 5) is 35.0. The van der Waals surface area contributed by atoms with Gasteiger partial charge in [-0.1, -0.05) is 64.2 Å². The zero-order valence-corrected chi connectivity index (χ0v) is 18.7. The van der Waals surface area contributed by atoms with Crippen molar-refractivity contribution in [2.24, 2.45) is 0 Å². The van der Waals surface area contributed by atoms with E-state index in [1.54, 1.807) is 0 Å². The fourth-order valence-electron chi connectivity index (χ4n) is 1.93. The highest BCUT2D eigenvalue weighted by Gasteiger charge is 2.33. The predicted molar refractivity (Wildman–Crippen MR) is 114 cm³/mol. The molecule has 0 radical (unpaired) electrons. The number of alkyl carbamates (subject to hydrolysis) is 1. The third-order valence-corrected chi connectivity index (χ3v) is 9.37. The van der Waals surface area contributed by atoms with Gasteiger partial charge < -0.3 is 20.5 Å². The molecule has 0 aliphatic heterocycles. The highest BCUT2D eigenvalue weighted by Crippen LogP contribution is 2.35. The number of hydrogen-bond acceptors (Lipinski definition) is 4. The Morgan fingerprint density at radius 3 is 2.34 bits per heavy atom. The molecule has 0 bridgehead atoms. The zero-order chi connectivity index (χ0) is 22.1. The average Bonchev–Trinajstić information content (AvgIpc) is 2.63. The molecule has 0 aliphatic rings. The van der Waals surface area contributed by atoms with Gasteiger partial charge in [-0.3, -0.25) is 4.79 Å². The average molecular weight is 419 g/mol. The van der Waals surface area contributed by atoms with Gasteiger partial charge in [0.2, 0.25) is 5.91 Å². The van der Waals surface area contributed by atoms with E-state index in [1.165, 1.54) is 0 Å². The second kappa shape index (κ2) is 10.7. The predicted octanol–water partition coefficient (Wildman–Crippen LogP) is 2.92. The number of carbonyl (C=O) groups is 3. The van der Waals surface area contributed by atoms with E-state index in [0.29, 0.717) is 0 Å². The lowest BCUT2D eigenvalue weighted by Gasteiger charge is -2.31. The molecular weight excluding hydrogens is 388 g/mol. The Bertz CT molecular complexity index is 776. The molecule has 158 valence electrons. The number of carboxylic acid groups (broad SMARTS) is 1. The fraction of sp³-hybridized carbons (Fsp3) is 0.476. The smallest absolute Gasteiger partial charge is 0.407 e. The highest BCUT2D eigenvalue weighted by atomic mass is 28.3. The minimum atomic E-state index is -1.85. The minimum Gasteiger partial charge on any atom is -0.480 e. The standard InChI is InChI=1S/C21H30N2O5Si/c1-21(2,3)29(4,5)13-9-12-17(19(25)26)23-18(24)14-22-20(27)28-15-16-10-7-6-8-11-16/h6-8,10-11,17H,12,14-15H2,1-5H3,(H,22,27)(H,23,24)(H,25,26)/t17-/m1/s1. The van der Waals surface area contributed by atoms with Gasteiger partial charge in [-0.25, -0.2) is 9.59 Å². The Labute approximate surface area is 173 Å². The van der Waals surface area contributed by atoms with Crippen LogP contribution in [0, 0.1) is 11.5 Å². The highest BCUT2D eigenvalue weighted by molar-refractivity contribution is 6.87. The molecule has 7 nitrogen and oxygen atoms in total. The van der Waals surface area contributed by atoms with E-state index in [2.05, 4.69) is 56.0 Å². The number of carbonyl (C=O) groups excluding carboxylic acids is 2. The summed E-state index contributed by atoms with van der Waals surface area (Å²) in [5.74, 6) is 1.13. The van der Waals surface area contributed by atoms with Crippen molar-refractivity contribution >= 4 is 26.0 Å². The van der Waals surface area contributed by atoms with Crippen LogP contribution in [0.2, 0.25) is 18.1 Å².